The third-order valence-electron chi connectivity index (χ3n) is 2.15. The monoisotopic (exact) mass is 186 g/mol. The van der Waals surface area contributed by atoms with Crippen molar-refractivity contribution in [3.63, 3.8) is 0 Å². The molecule has 0 aromatic heterocycles. The van der Waals surface area contributed by atoms with Gasteiger partial charge in [0.2, 0.25) is 0 Å². The first-order chi connectivity index (χ1) is 5.98. The summed E-state index contributed by atoms with van der Waals surface area (Å²) in [7, 11) is 0. The van der Waals surface area contributed by atoms with Crippen LogP contribution in [0.15, 0.2) is 0 Å². The number of ketones is 1. The number of aliphatic hydroxyl groups is 1. The van der Waals surface area contributed by atoms with Crippen molar-refractivity contribution in [1.29, 1.82) is 0 Å². The molecule has 0 amide bonds. The lowest BCUT2D eigenvalue weighted by molar-refractivity contribution is -0.126. The number of Topliss-reactive ketones (excluding diaryl/α,β-unsaturated/α-hetero) is 1. The van der Waals surface area contributed by atoms with Crippen LogP contribution in [0, 0.1) is 5.41 Å². The molecule has 0 aliphatic rings. The van der Waals surface area contributed by atoms with Crippen molar-refractivity contribution in [2.24, 2.45) is 5.41 Å². The fraction of sp³-hybridized carbons (Fsp3) is 0.909. The van der Waals surface area contributed by atoms with Gasteiger partial charge in [-0.3, -0.25) is 4.79 Å². The number of carbonyl (C=O) groups excluding carboxylic acids is 1. The van der Waals surface area contributed by atoms with Gasteiger partial charge in [0.15, 0.2) is 0 Å². The number of carbonyl (C=O) groups is 1. The van der Waals surface area contributed by atoms with Gasteiger partial charge < -0.3 is 5.11 Å². The minimum atomic E-state index is -0.184. The van der Waals surface area contributed by atoms with E-state index in [1.165, 1.54) is 0 Å². The van der Waals surface area contributed by atoms with Gasteiger partial charge in [0.25, 0.3) is 0 Å². The molecule has 0 spiro atoms. The summed E-state index contributed by atoms with van der Waals surface area (Å²) in [5.74, 6) is 0.344. The Hall–Kier alpha value is -0.370. The zero-order valence-corrected chi connectivity index (χ0v) is 9.10. The summed E-state index contributed by atoms with van der Waals surface area (Å²) >= 11 is 0. The minimum absolute atomic E-state index is 0.184. The fourth-order valence-electron chi connectivity index (χ4n) is 1.13. The molecule has 0 bridgehead atoms. The van der Waals surface area contributed by atoms with Gasteiger partial charge in [-0.05, 0) is 12.8 Å². The van der Waals surface area contributed by atoms with E-state index in [-0.39, 0.29) is 12.0 Å². The van der Waals surface area contributed by atoms with Crippen molar-refractivity contribution in [2.45, 2.75) is 52.9 Å². The SMILES string of the molecule is CC(C)(C)C(=O)CCCCCCO. The minimum Gasteiger partial charge on any atom is -0.396 e. The topological polar surface area (TPSA) is 37.3 Å². The van der Waals surface area contributed by atoms with E-state index in [0.717, 1.165) is 25.7 Å². The predicted octanol–water partition coefficient (Wildman–Crippen LogP) is 2.54. The summed E-state index contributed by atoms with van der Waals surface area (Å²) in [5, 5.41) is 8.54. The highest BCUT2D eigenvalue weighted by Gasteiger charge is 2.19. The first-order valence-corrected chi connectivity index (χ1v) is 5.12. The third-order valence-corrected chi connectivity index (χ3v) is 2.15. The van der Waals surface area contributed by atoms with Gasteiger partial charge in [0, 0.05) is 18.4 Å². The first kappa shape index (κ1) is 12.6. The van der Waals surface area contributed by atoms with Gasteiger partial charge in [-0.1, -0.05) is 33.6 Å². The lowest BCUT2D eigenvalue weighted by atomic mass is 9.88. The van der Waals surface area contributed by atoms with E-state index in [4.69, 9.17) is 5.11 Å². The number of unbranched alkanes of at least 4 members (excludes halogenated alkanes) is 3. The van der Waals surface area contributed by atoms with E-state index in [9.17, 15) is 4.79 Å². The molecule has 0 aromatic rings. The maximum Gasteiger partial charge on any atom is 0.138 e. The van der Waals surface area contributed by atoms with Gasteiger partial charge >= 0.3 is 0 Å². The highest BCUT2D eigenvalue weighted by molar-refractivity contribution is 5.83. The van der Waals surface area contributed by atoms with Crippen LogP contribution in [0.3, 0.4) is 0 Å². The molecule has 0 unspecified atom stereocenters. The van der Waals surface area contributed by atoms with E-state index in [1.807, 2.05) is 20.8 Å². The standard InChI is InChI=1S/C11H22O2/c1-11(2,3)10(13)8-6-4-5-7-9-12/h12H,4-9H2,1-3H3. The molecule has 0 rings (SSSR count). The molecule has 2 heteroatoms. The Morgan fingerprint density at radius 3 is 2.08 bits per heavy atom. The summed E-state index contributed by atoms with van der Waals surface area (Å²) < 4.78 is 0. The van der Waals surface area contributed by atoms with Crippen LogP contribution in [0.5, 0.6) is 0 Å². The predicted molar refractivity (Wildman–Crippen MR) is 54.6 cm³/mol. The van der Waals surface area contributed by atoms with E-state index in [1.54, 1.807) is 0 Å². The molecule has 0 saturated carbocycles. The Kier molecular flexibility index (Phi) is 5.97. The zero-order valence-electron chi connectivity index (χ0n) is 9.10. The first-order valence-electron chi connectivity index (χ1n) is 5.12. The van der Waals surface area contributed by atoms with Crippen molar-refractivity contribution in [2.75, 3.05) is 6.61 Å². The van der Waals surface area contributed by atoms with Crippen molar-refractivity contribution in [3.05, 3.63) is 0 Å². The van der Waals surface area contributed by atoms with E-state index in [0.29, 0.717) is 12.2 Å². The molecule has 0 atom stereocenters. The fourth-order valence-corrected chi connectivity index (χ4v) is 1.13. The molecule has 2 nitrogen and oxygen atoms in total. The maximum atomic E-state index is 11.4. The molecule has 0 heterocycles. The highest BCUT2D eigenvalue weighted by atomic mass is 16.2. The Morgan fingerprint density at radius 2 is 1.62 bits per heavy atom. The van der Waals surface area contributed by atoms with Crippen LogP contribution in [-0.4, -0.2) is 17.5 Å². The molecule has 0 aliphatic heterocycles. The molecule has 0 fully saturated rings. The molecule has 1 N–H and O–H groups in total. The van der Waals surface area contributed by atoms with Crippen LogP contribution < -0.4 is 0 Å². The number of rotatable bonds is 6. The Morgan fingerprint density at radius 1 is 1.08 bits per heavy atom. The Labute approximate surface area is 81.3 Å². The zero-order chi connectivity index (χ0) is 10.3. The van der Waals surface area contributed by atoms with Gasteiger partial charge in [0.05, 0.1) is 0 Å². The molecular formula is C11H22O2. The number of aliphatic hydroxyl groups excluding tert-OH is 1. The Balaban J connectivity index is 3.38. The molecule has 13 heavy (non-hydrogen) atoms. The largest absolute Gasteiger partial charge is 0.396 e. The average Bonchev–Trinajstić information content (AvgIpc) is 2.02. The summed E-state index contributed by atoms with van der Waals surface area (Å²) in [6, 6.07) is 0. The van der Waals surface area contributed by atoms with Crippen molar-refractivity contribution >= 4 is 5.78 Å². The summed E-state index contributed by atoms with van der Waals surface area (Å²) in [5.41, 5.74) is -0.184. The van der Waals surface area contributed by atoms with Crippen molar-refractivity contribution in [3.8, 4) is 0 Å². The normalized spacial score (nSPS) is 11.7. The van der Waals surface area contributed by atoms with Gasteiger partial charge in [-0.2, -0.15) is 0 Å². The molecule has 78 valence electrons. The summed E-state index contributed by atoms with van der Waals surface area (Å²) in [4.78, 5) is 11.4. The van der Waals surface area contributed by atoms with Crippen LogP contribution in [0.2, 0.25) is 0 Å². The van der Waals surface area contributed by atoms with Crippen molar-refractivity contribution < 1.29 is 9.90 Å². The van der Waals surface area contributed by atoms with E-state index in [2.05, 4.69) is 0 Å². The molecule has 0 radical (unpaired) electrons. The molecular weight excluding hydrogens is 164 g/mol. The lowest BCUT2D eigenvalue weighted by Gasteiger charge is -2.15. The van der Waals surface area contributed by atoms with Crippen LogP contribution in [-0.2, 0) is 4.79 Å². The van der Waals surface area contributed by atoms with Crippen LogP contribution >= 0.6 is 0 Å². The van der Waals surface area contributed by atoms with Crippen LogP contribution in [0.25, 0.3) is 0 Å². The number of hydrogen-bond donors (Lipinski definition) is 1. The maximum absolute atomic E-state index is 11.4. The summed E-state index contributed by atoms with van der Waals surface area (Å²) in [6.45, 7) is 6.16. The summed E-state index contributed by atoms with van der Waals surface area (Å²) in [6.07, 6.45) is 4.62. The highest BCUT2D eigenvalue weighted by Crippen LogP contribution is 2.18. The quantitative estimate of drug-likeness (QED) is 0.647. The second-order valence-corrected chi connectivity index (χ2v) is 4.56. The lowest BCUT2D eigenvalue weighted by Crippen LogP contribution is -2.19. The molecule has 0 aliphatic carbocycles. The van der Waals surface area contributed by atoms with Gasteiger partial charge in [-0.25, -0.2) is 0 Å². The second-order valence-electron chi connectivity index (χ2n) is 4.56. The number of hydrogen-bond acceptors (Lipinski definition) is 2. The van der Waals surface area contributed by atoms with Gasteiger partial charge in [0.1, 0.15) is 5.78 Å². The van der Waals surface area contributed by atoms with Gasteiger partial charge in [-0.15, -0.1) is 0 Å². The van der Waals surface area contributed by atoms with Crippen LogP contribution in [0.4, 0.5) is 0 Å². The van der Waals surface area contributed by atoms with Crippen molar-refractivity contribution in [1.82, 2.24) is 0 Å². The average molecular weight is 186 g/mol. The van der Waals surface area contributed by atoms with E-state index >= 15 is 0 Å². The van der Waals surface area contributed by atoms with Crippen LogP contribution in [0.1, 0.15) is 52.9 Å². The molecule has 0 aromatic carbocycles. The third kappa shape index (κ3) is 6.76. The Bertz CT molecular complexity index is 145. The smallest absolute Gasteiger partial charge is 0.138 e. The molecule has 0 saturated heterocycles. The van der Waals surface area contributed by atoms with E-state index < -0.39 is 0 Å². The second kappa shape index (κ2) is 6.14.